The van der Waals surface area contributed by atoms with Crippen molar-refractivity contribution in [1.29, 1.82) is 0 Å². The van der Waals surface area contributed by atoms with Crippen molar-refractivity contribution in [3.63, 3.8) is 0 Å². The third-order valence-electron chi connectivity index (χ3n) is 3.06. The summed E-state index contributed by atoms with van der Waals surface area (Å²) in [6.07, 6.45) is -4.49. The van der Waals surface area contributed by atoms with Gasteiger partial charge in [0.05, 0.1) is 16.6 Å². The molecule has 0 atom stereocenters. The van der Waals surface area contributed by atoms with E-state index in [4.69, 9.17) is 0 Å². The standard InChI is InChI=1S/C13H7F3N2O2/c14-13(15,16)8-3-1-2-7-6(8)4-5-9-10(7)18-12(20)11(19)17-9/h1-5H,(H,17,19)(H,18,20). The molecule has 0 aliphatic heterocycles. The van der Waals surface area contributed by atoms with E-state index in [1.165, 1.54) is 24.3 Å². The number of benzene rings is 2. The van der Waals surface area contributed by atoms with Gasteiger partial charge in [-0.25, -0.2) is 0 Å². The second kappa shape index (κ2) is 3.96. The molecule has 3 aromatic rings. The van der Waals surface area contributed by atoms with E-state index in [9.17, 15) is 22.8 Å². The molecule has 20 heavy (non-hydrogen) atoms. The number of aromatic nitrogens is 2. The van der Waals surface area contributed by atoms with Gasteiger partial charge in [0.1, 0.15) is 0 Å². The van der Waals surface area contributed by atoms with Crippen LogP contribution in [-0.4, -0.2) is 9.97 Å². The van der Waals surface area contributed by atoms with Crippen LogP contribution in [0.5, 0.6) is 0 Å². The summed E-state index contributed by atoms with van der Waals surface area (Å²) in [7, 11) is 0. The lowest BCUT2D eigenvalue weighted by atomic mass is 10.0. The zero-order valence-corrected chi connectivity index (χ0v) is 9.84. The molecule has 3 rings (SSSR count). The van der Waals surface area contributed by atoms with Crippen molar-refractivity contribution >= 4 is 21.8 Å². The first-order valence-electron chi connectivity index (χ1n) is 5.63. The number of halogens is 3. The van der Waals surface area contributed by atoms with Gasteiger partial charge in [-0.15, -0.1) is 0 Å². The third kappa shape index (κ3) is 1.78. The van der Waals surface area contributed by atoms with Gasteiger partial charge in [0.2, 0.25) is 0 Å². The van der Waals surface area contributed by atoms with Crippen molar-refractivity contribution in [3.8, 4) is 0 Å². The quantitative estimate of drug-likeness (QED) is 0.490. The van der Waals surface area contributed by atoms with Gasteiger partial charge in [-0.05, 0) is 17.5 Å². The molecule has 0 bridgehead atoms. The van der Waals surface area contributed by atoms with E-state index in [1.807, 2.05) is 0 Å². The number of nitrogens with one attached hydrogen (secondary N) is 2. The molecule has 0 saturated carbocycles. The second-order valence-corrected chi connectivity index (χ2v) is 4.29. The number of hydrogen-bond acceptors (Lipinski definition) is 2. The highest BCUT2D eigenvalue weighted by atomic mass is 19.4. The number of hydrogen-bond donors (Lipinski definition) is 2. The molecular formula is C13H7F3N2O2. The molecule has 0 aliphatic rings. The summed E-state index contributed by atoms with van der Waals surface area (Å²) in [5.74, 6) is 0. The average molecular weight is 280 g/mol. The maximum Gasteiger partial charge on any atom is 0.417 e. The molecule has 2 aromatic carbocycles. The summed E-state index contributed by atoms with van der Waals surface area (Å²) >= 11 is 0. The van der Waals surface area contributed by atoms with E-state index in [2.05, 4.69) is 9.97 Å². The Kier molecular flexibility index (Phi) is 2.47. The molecule has 1 heterocycles. The number of H-pyrrole nitrogens is 2. The van der Waals surface area contributed by atoms with Crippen LogP contribution in [0.4, 0.5) is 13.2 Å². The molecule has 0 spiro atoms. The van der Waals surface area contributed by atoms with Gasteiger partial charge in [-0.3, -0.25) is 9.59 Å². The lowest BCUT2D eigenvalue weighted by Gasteiger charge is -2.11. The number of aromatic amines is 2. The van der Waals surface area contributed by atoms with Crippen molar-refractivity contribution in [2.45, 2.75) is 6.18 Å². The van der Waals surface area contributed by atoms with Crippen LogP contribution < -0.4 is 11.1 Å². The lowest BCUT2D eigenvalue weighted by Crippen LogP contribution is -2.28. The van der Waals surface area contributed by atoms with E-state index >= 15 is 0 Å². The Bertz CT molecular complexity index is 938. The zero-order valence-electron chi connectivity index (χ0n) is 9.84. The normalized spacial score (nSPS) is 12.2. The van der Waals surface area contributed by atoms with Crippen molar-refractivity contribution in [2.24, 2.45) is 0 Å². The van der Waals surface area contributed by atoms with E-state index in [0.29, 0.717) is 0 Å². The first-order valence-corrected chi connectivity index (χ1v) is 5.63. The summed E-state index contributed by atoms with van der Waals surface area (Å²) in [5.41, 5.74) is -2.07. The van der Waals surface area contributed by atoms with Crippen LogP contribution in [0.1, 0.15) is 5.56 Å². The van der Waals surface area contributed by atoms with Crippen LogP contribution in [0.15, 0.2) is 39.9 Å². The average Bonchev–Trinajstić information content (AvgIpc) is 2.38. The van der Waals surface area contributed by atoms with Gasteiger partial charge in [0.25, 0.3) is 0 Å². The highest BCUT2D eigenvalue weighted by Crippen LogP contribution is 2.35. The molecule has 0 amide bonds. The Morgan fingerprint density at radius 2 is 1.55 bits per heavy atom. The van der Waals surface area contributed by atoms with Crippen molar-refractivity contribution < 1.29 is 13.2 Å². The Labute approximate surface area is 108 Å². The van der Waals surface area contributed by atoms with Gasteiger partial charge < -0.3 is 9.97 Å². The van der Waals surface area contributed by atoms with Gasteiger partial charge in [0.15, 0.2) is 0 Å². The first-order chi connectivity index (χ1) is 9.38. The largest absolute Gasteiger partial charge is 0.417 e. The summed E-state index contributed by atoms with van der Waals surface area (Å²) in [6, 6.07) is 6.30. The highest BCUT2D eigenvalue weighted by Gasteiger charge is 2.32. The van der Waals surface area contributed by atoms with E-state index in [1.54, 1.807) is 0 Å². The predicted octanol–water partition coefficient (Wildman–Crippen LogP) is 2.39. The molecule has 0 saturated heterocycles. The Hall–Kier alpha value is -2.57. The maximum absolute atomic E-state index is 12.9. The minimum Gasteiger partial charge on any atom is -0.316 e. The number of alkyl halides is 3. The summed E-state index contributed by atoms with van der Waals surface area (Å²) in [6.45, 7) is 0. The van der Waals surface area contributed by atoms with Crippen LogP contribution in [0.3, 0.4) is 0 Å². The van der Waals surface area contributed by atoms with Crippen LogP contribution in [0.25, 0.3) is 21.8 Å². The van der Waals surface area contributed by atoms with E-state index in [-0.39, 0.29) is 21.8 Å². The van der Waals surface area contributed by atoms with Crippen LogP contribution in [0, 0.1) is 0 Å². The van der Waals surface area contributed by atoms with Gasteiger partial charge >= 0.3 is 17.3 Å². The molecule has 102 valence electrons. The Morgan fingerprint density at radius 3 is 2.25 bits per heavy atom. The van der Waals surface area contributed by atoms with Crippen molar-refractivity contribution in [1.82, 2.24) is 9.97 Å². The fourth-order valence-corrected chi connectivity index (χ4v) is 2.19. The van der Waals surface area contributed by atoms with E-state index in [0.717, 1.165) is 6.07 Å². The molecule has 0 aliphatic carbocycles. The lowest BCUT2D eigenvalue weighted by molar-refractivity contribution is -0.136. The number of rotatable bonds is 0. The van der Waals surface area contributed by atoms with Crippen LogP contribution in [0.2, 0.25) is 0 Å². The van der Waals surface area contributed by atoms with Crippen LogP contribution in [-0.2, 0) is 6.18 Å². The third-order valence-corrected chi connectivity index (χ3v) is 3.06. The minimum absolute atomic E-state index is 0.0322. The molecule has 1 aromatic heterocycles. The topological polar surface area (TPSA) is 65.7 Å². The van der Waals surface area contributed by atoms with Crippen molar-refractivity contribution in [3.05, 3.63) is 56.6 Å². The summed E-state index contributed by atoms with van der Waals surface area (Å²) in [5, 5.41) is 0.195. The molecule has 0 unspecified atom stereocenters. The molecular weight excluding hydrogens is 273 g/mol. The highest BCUT2D eigenvalue weighted by molar-refractivity contribution is 6.05. The molecule has 0 radical (unpaired) electrons. The van der Waals surface area contributed by atoms with Gasteiger partial charge in [-0.2, -0.15) is 13.2 Å². The fourth-order valence-electron chi connectivity index (χ4n) is 2.19. The SMILES string of the molecule is O=c1[nH]c2ccc3c(C(F)(F)F)cccc3c2[nH]c1=O. The minimum atomic E-state index is -4.49. The summed E-state index contributed by atoms with van der Waals surface area (Å²) < 4.78 is 38.8. The summed E-state index contributed by atoms with van der Waals surface area (Å²) in [4.78, 5) is 27.2. The molecule has 0 fully saturated rings. The van der Waals surface area contributed by atoms with Gasteiger partial charge in [0, 0.05) is 5.39 Å². The smallest absolute Gasteiger partial charge is 0.316 e. The predicted molar refractivity (Wildman–Crippen MR) is 67.7 cm³/mol. The zero-order chi connectivity index (χ0) is 14.5. The monoisotopic (exact) mass is 280 g/mol. The van der Waals surface area contributed by atoms with Gasteiger partial charge in [-0.1, -0.05) is 18.2 Å². The second-order valence-electron chi connectivity index (χ2n) is 4.29. The number of fused-ring (bicyclic) bond motifs is 3. The van der Waals surface area contributed by atoms with Crippen molar-refractivity contribution in [2.75, 3.05) is 0 Å². The molecule has 7 heteroatoms. The van der Waals surface area contributed by atoms with E-state index < -0.39 is 22.9 Å². The Balaban J connectivity index is 2.53. The molecule has 4 nitrogen and oxygen atoms in total. The maximum atomic E-state index is 12.9. The fraction of sp³-hybridized carbons (Fsp3) is 0.0769. The van der Waals surface area contributed by atoms with Crippen LogP contribution >= 0.6 is 0 Å². The molecule has 2 N–H and O–H groups in total. The first kappa shape index (κ1) is 12.5. The Morgan fingerprint density at radius 1 is 0.850 bits per heavy atom.